The Bertz CT molecular complexity index is 201. The predicted molar refractivity (Wildman–Crippen MR) is 50.4 cm³/mol. The van der Waals surface area contributed by atoms with Gasteiger partial charge in [-0.15, -0.1) is 0 Å². The highest BCUT2D eigenvalue weighted by Gasteiger charge is 2.13. The monoisotopic (exact) mass is 194 g/mol. The molecule has 74 valence electrons. The van der Waals surface area contributed by atoms with Gasteiger partial charge in [-0.05, 0) is 6.42 Å². The fraction of sp³-hybridized carbons (Fsp3) is 1.00. The predicted octanol–water partition coefficient (Wildman–Crippen LogP) is 0.00680. The fourth-order valence-electron chi connectivity index (χ4n) is 0.922. The van der Waals surface area contributed by atoms with Crippen molar-refractivity contribution in [2.24, 2.45) is 5.73 Å². The van der Waals surface area contributed by atoms with Crippen molar-refractivity contribution < 1.29 is 8.42 Å². The smallest absolute Gasteiger partial charge is 0.211 e. The van der Waals surface area contributed by atoms with Crippen molar-refractivity contribution in [1.82, 2.24) is 4.31 Å². The molecule has 5 heteroatoms. The van der Waals surface area contributed by atoms with E-state index in [1.807, 2.05) is 6.92 Å². The summed E-state index contributed by atoms with van der Waals surface area (Å²) in [6, 6.07) is 0. The third-order valence-corrected chi connectivity index (χ3v) is 2.91. The van der Waals surface area contributed by atoms with Gasteiger partial charge in [0.25, 0.3) is 0 Å². The molecule has 0 saturated heterocycles. The highest BCUT2D eigenvalue weighted by molar-refractivity contribution is 7.88. The van der Waals surface area contributed by atoms with Crippen LogP contribution >= 0.6 is 0 Å². The molecule has 0 spiro atoms. The molecule has 0 radical (unpaired) electrons. The van der Waals surface area contributed by atoms with E-state index in [2.05, 4.69) is 0 Å². The van der Waals surface area contributed by atoms with Crippen LogP contribution in [0.1, 0.15) is 19.8 Å². The molecular weight excluding hydrogens is 176 g/mol. The number of unbranched alkanes of at least 4 members (excludes halogenated alkanes) is 1. The summed E-state index contributed by atoms with van der Waals surface area (Å²) in [6.45, 7) is 3.44. The van der Waals surface area contributed by atoms with Crippen molar-refractivity contribution in [2.45, 2.75) is 19.8 Å². The zero-order valence-electron chi connectivity index (χ0n) is 7.78. The number of nitrogens with zero attached hydrogens (tertiary/aromatic N) is 1. The van der Waals surface area contributed by atoms with Crippen LogP contribution in [0.3, 0.4) is 0 Å². The topological polar surface area (TPSA) is 63.4 Å². The van der Waals surface area contributed by atoms with Gasteiger partial charge in [0.15, 0.2) is 0 Å². The lowest BCUT2D eigenvalue weighted by Gasteiger charge is -2.18. The number of hydrogen-bond donors (Lipinski definition) is 1. The van der Waals surface area contributed by atoms with Gasteiger partial charge in [0, 0.05) is 19.6 Å². The molecule has 0 aromatic carbocycles. The quantitative estimate of drug-likeness (QED) is 0.647. The Labute approximate surface area is 74.8 Å². The molecule has 0 heterocycles. The molecule has 0 aliphatic carbocycles. The summed E-state index contributed by atoms with van der Waals surface area (Å²) < 4.78 is 23.6. The van der Waals surface area contributed by atoms with Gasteiger partial charge in [0.05, 0.1) is 6.26 Å². The van der Waals surface area contributed by atoms with Crippen LogP contribution < -0.4 is 5.73 Å². The molecule has 0 saturated carbocycles. The molecular formula is C7H18N2O2S. The lowest BCUT2D eigenvalue weighted by Crippen LogP contribution is -2.35. The van der Waals surface area contributed by atoms with Crippen LogP contribution in [-0.2, 0) is 10.0 Å². The molecule has 12 heavy (non-hydrogen) atoms. The molecule has 0 aromatic heterocycles. The maximum Gasteiger partial charge on any atom is 0.211 e. The second-order valence-corrected chi connectivity index (χ2v) is 4.79. The van der Waals surface area contributed by atoms with Gasteiger partial charge in [-0.25, -0.2) is 12.7 Å². The van der Waals surface area contributed by atoms with E-state index in [1.54, 1.807) is 0 Å². The molecule has 0 aliphatic rings. The van der Waals surface area contributed by atoms with E-state index < -0.39 is 10.0 Å². The molecule has 0 aliphatic heterocycles. The first-order valence-corrected chi connectivity index (χ1v) is 6.02. The van der Waals surface area contributed by atoms with Crippen molar-refractivity contribution in [3.63, 3.8) is 0 Å². The van der Waals surface area contributed by atoms with Crippen LogP contribution in [0.2, 0.25) is 0 Å². The van der Waals surface area contributed by atoms with E-state index in [1.165, 1.54) is 10.6 Å². The SMILES string of the molecule is CCCCN(CCN)S(C)(=O)=O. The van der Waals surface area contributed by atoms with Gasteiger partial charge in [-0.3, -0.25) is 0 Å². The summed E-state index contributed by atoms with van der Waals surface area (Å²) in [5.41, 5.74) is 5.29. The number of nitrogens with two attached hydrogens (primary N) is 1. The van der Waals surface area contributed by atoms with Gasteiger partial charge in [-0.2, -0.15) is 0 Å². The van der Waals surface area contributed by atoms with Gasteiger partial charge < -0.3 is 5.73 Å². The summed E-state index contributed by atoms with van der Waals surface area (Å²) in [7, 11) is -3.05. The first-order chi connectivity index (χ1) is 5.52. The second-order valence-electron chi connectivity index (χ2n) is 2.80. The van der Waals surface area contributed by atoms with E-state index in [0.717, 1.165) is 12.8 Å². The van der Waals surface area contributed by atoms with E-state index in [4.69, 9.17) is 5.73 Å². The standard InChI is InChI=1S/C7H18N2O2S/c1-3-4-6-9(7-5-8)12(2,10)11/h3-8H2,1-2H3. The highest BCUT2D eigenvalue weighted by Crippen LogP contribution is 1.99. The molecule has 0 unspecified atom stereocenters. The van der Waals surface area contributed by atoms with Crippen molar-refractivity contribution in [3.05, 3.63) is 0 Å². The number of rotatable bonds is 6. The van der Waals surface area contributed by atoms with Crippen molar-refractivity contribution >= 4 is 10.0 Å². The fourth-order valence-corrected chi connectivity index (χ4v) is 1.82. The Morgan fingerprint density at radius 1 is 1.33 bits per heavy atom. The largest absolute Gasteiger partial charge is 0.329 e. The summed E-state index contributed by atoms with van der Waals surface area (Å²) in [5.74, 6) is 0. The van der Waals surface area contributed by atoms with Crippen LogP contribution in [0.4, 0.5) is 0 Å². The molecule has 2 N–H and O–H groups in total. The zero-order valence-corrected chi connectivity index (χ0v) is 8.60. The van der Waals surface area contributed by atoms with Crippen LogP contribution in [-0.4, -0.2) is 38.6 Å². The first-order valence-electron chi connectivity index (χ1n) is 4.17. The van der Waals surface area contributed by atoms with E-state index in [-0.39, 0.29) is 0 Å². The Morgan fingerprint density at radius 2 is 1.92 bits per heavy atom. The second kappa shape index (κ2) is 5.50. The van der Waals surface area contributed by atoms with Crippen molar-refractivity contribution in [1.29, 1.82) is 0 Å². The molecule has 0 bridgehead atoms. The first kappa shape index (κ1) is 11.9. The van der Waals surface area contributed by atoms with Gasteiger partial charge >= 0.3 is 0 Å². The number of hydrogen-bond acceptors (Lipinski definition) is 3. The normalized spacial score (nSPS) is 12.3. The highest BCUT2D eigenvalue weighted by atomic mass is 32.2. The molecule has 0 aromatic rings. The van der Waals surface area contributed by atoms with E-state index in [9.17, 15) is 8.42 Å². The van der Waals surface area contributed by atoms with Gasteiger partial charge in [-0.1, -0.05) is 13.3 Å². The Morgan fingerprint density at radius 3 is 2.25 bits per heavy atom. The minimum absolute atomic E-state index is 0.386. The molecule has 0 rings (SSSR count). The van der Waals surface area contributed by atoms with Gasteiger partial charge in [0.2, 0.25) is 10.0 Å². The molecule has 0 fully saturated rings. The lowest BCUT2D eigenvalue weighted by atomic mass is 10.3. The van der Waals surface area contributed by atoms with Crippen LogP contribution in [0.15, 0.2) is 0 Å². The Balaban J connectivity index is 4.05. The van der Waals surface area contributed by atoms with Gasteiger partial charge in [0.1, 0.15) is 0 Å². The summed E-state index contributed by atoms with van der Waals surface area (Å²) in [4.78, 5) is 0. The van der Waals surface area contributed by atoms with Crippen molar-refractivity contribution in [2.75, 3.05) is 25.9 Å². The van der Waals surface area contributed by atoms with Crippen LogP contribution in [0, 0.1) is 0 Å². The average Bonchev–Trinajstić information content (AvgIpc) is 1.95. The Hall–Kier alpha value is -0.130. The summed E-state index contributed by atoms with van der Waals surface area (Å²) in [5, 5.41) is 0. The average molecular weight is 194 g/mol. The van der Waals surface area contributed by atoms with Crippen molar-refractivity contribution in [3.8, 4) is 0 Å². The molecule has 4 nitrogen and oxygen atoms in total. The number of sulfonamides is 1. The maximum absolute atomic E-state index is 11.1. The van der Waals surface area contributed by atoms with E-state index >= 15 is 0 Å². The lowest BCUT2D eigenvalue weighted by molar-refractivity contribution is 0.414. The summed E-state index contributed by atoms with van der Waals surface area (Å²) in [6.07, 6.45) is 3.11. The molecule has 0 amide bonds. The van der Waals surface area contributed by atoms with Crippen LogP contribution in [0.25, 0.3) is 0 Å². The van der Waals surface area contributed by atoms with Crippen LogP contribution in [0.5, 0.6) is 0 Å². The third-order valence-electron chi connectivity index (χ3n) is 1.61. The Kier molecular flexibility index (Phi) is 5.44. The minimum atomic E-state index is -3.05. The third kappa shape index (κ3) is 4.69. The van der Waals surface area contributed by atoms with E-state index in [0.29, 0.717) is 19.6 Å². The summed E-state index contributed by atoms with van der Waals surface area (Å²) >= 11 is 0. The molecule has 0 atom stereocenters. The maximum atomic E-state index is 11.1. The zero-order chi connectivity index (χ0) is 9.61. The minimum Gasteiger partial charge on any atom is -0.329 e.